The lowest BCUT2D eigenvalue weighted by molar-refractivity contribution is -0.167. The number of ether oxygens (including phenoxy) is 3. The van der Waals surface area contributed by atoms with Crippen LogP contribution < -0.4 is 0 Å². The lowest BCUT2D eigenvalue weighted by Crippen LogP contribution is -2.30. The number of hydrogen-bond donors (Lipinski definition) is 0. The highest BCUT2D eigenvalue weighted by Gasteiger charge is 2.19. The Hall–Kier alpha value is -3.41. The van der Waals surface area contributed by atoms with Crippen LogP contribution in [0, 0.1) is 0 Å². The van der Waals surface area contributed by atoms with Gasteiger partial charge in [0.05, 0.1) is 0 Å². The molecule has 0 aliphatic carbocycles. The zero-order valence-corrected chi connectivity index (χ0v) is 38.9. The fourth-order valence-electron chi connectivity index (χ4n) is 6.51. The zero-order chi connectivity index (χ0) is 43.7. The minimum atomic E-state index is -0.819. The first kappa shape index (κ1) is 56.6. The maximum absolute atomic E-state index is 12.7. The summed E-state index contributed by atoms with van der Waals surface area (Å²) in [7, 11) is 0. The highest BCUT2D eigenvalue weighted by molar-refractivity contribution is 5.71. The Kier molecular flexibility index (Phi) is 45.5. The van der Waals surface area contributed by atoms with Crippen LogP contribution in [0.5, 0.6) is 0 Å². The first-order valence-corrected chi connectivity index (χ1v) is 24.7. The molecule has 0 N–H and O–H groups in total. The maximum Gasteiger partial charge on any atom is 0.306 e. The van der Waals surface area contributed by atoms with E-state index in [1.54, 1.807) is 0 Å². The fraction of sp³-hybridized carbons (Fsp3) is 0.685. The quantitative estimate of drug-likeness (QED) is 0.0200. The van der Waals surface area contributed by atoms with E-state index in [4.69, 9.17) is 14.2 Å². The first-order chi connectivity index (χ1) is 29.5. The van der Waals surface area contributed by atoms with Crippen molar-refractivity contribution in [3.8, 4) is 0 Å². The van der Waals surface area contributed by atoms with Crippen molar-refractivity contribution in [2.24, 2.45) is 0 Å². The number of carbonyl (C=O) groups excluding carboxylic acids is 3. The van der Waals surface area contributed by atoms with Gasteiger partial charge in [-0.1, -0.05) is 209 Å². The van der Waals surface area contributed by atoms with Crippen LogP contribution in [0.1, 0.15) is 220 Å². The summed E-state index contributed by atoms with van der Waals surface area (Å²) in [5.41, 5.74) is 0. The van der Waals surface area contributed by atoms with Crippen molar-refractivity contribution in [1.29, 1.82) is 0 Å². The summed E-state index contributed by atoms with van der Waals surface area (Å²) in [5, 5.41) is 0. The summed E-state index contributed by atoms with van der Waals surface area (Å²) >= 11 is 0. The molecule has 6 nitrogen and oxygen atoms in total. The number of allylic oxidation sites excluding steroid dienone is 14. The van der Waals surface area contributed by atoms with Gasteiger partial charge in [-0.15, -0.1) is 0 Å². The largest absolute Gasteiger partial charge is 0.462 e. The Morgan fingerprint density at radius 1 is 0.350 bits per heavy atom. The molecule has 60 heavy (non-hydrogen) atoms. The van der Waals surface area contributed by atoms with Crippen molar-refractivity contribution >= 4 is 17.9 Å². The highest BCUT2D eigenvalue weighted by Crippen LogP contribution is 2.13. The summed E-state index contributed by atoms with van der Waals surface area (Å²) in [6.07, 6.45) is 61.5. The standard InChI is InChI=1S/C54H90O6/c1-4-7-10-13-16-19-22-24-25-26-27-28-30-32-35-38-41-44-47-53(56)59-50-51(49-58-52(55)46-43-40-37-34-31-21-18-15-12-9-6-3)60-54(57)48-45-42-39-36-33-29-23-20-17-14-11-8-5-2/h8,11,14-15,17-18,20,23,27-29,33,36,39,51H,4-7,9-10,12-13,16,19,21-22,24-26,30-32,34-35,37-38,40-50H2,1-3H3/b11-8-,17-14-,18-15-,23-20-,28-27-,33-29-,39-36-. The molecule has 0 spiro atoms. The summed E-state index contributed by atoms with van der Waals surface area (Å²) in [4.78, 5) is 37.8. The SMILES string of the molecule is CC\C=C/C=C\C=C/C=C\C=C/CCCC(=O)OC(COC(=O)CCCCCCC/C=C\CCCC)COC(=O)CCCCCCC/C=C\CCCCCCCCCCC. The van der Waals surface area contributed by atoms with Crippen molar-refractivity contribution in [3.05, 3.63) is 85.1 Å². The van der Waals surface area contributed by atoms with Gasteiger partial charge in [0, 0.05) is 19.3 Å². The Bertz CT molecular complexity index is 1190. The summed E-state index contributed by atoms with van der Waals surface area (Å²) in [5.74, 6) is -1.01. The predicted molar refractivity (Wildman–Crippen MR) is 256 cm³/mol. The van der Waals surface area contributed by atoms with Crippen LogP contribution in [0.25, 0.3) is 0 Å². The third-order valence-electron chi connectivity index (χ3n) is 10.2. The van der Waals surface area contributed by atoms with Crippen LogP contribution in [0.2, 0.25) is 0 Å². The van der Waals surface area contributed by atoms with Gasteiger partial charge >= 0.3 is 17.9 Å². The highest BCUT2D eigenvalue weighted by atomic mass is 16.6. The lowest BCUT2D eigenvalue weighted by atomic mass is 10.1. The summed E-state index contributed by atoms with van der Waals surface area (Å²) in [6, 6.07) is 0. The molecule has 0 aromatic carbocycles. The van der Waals surface area contributed by atoms with Gasteiger partial charge in [-0.2, -0.15) is 0 Å². The fourth-order valence-corrected chi connectivity index (χ4v) is 6.51. The molecule has 342 valence electrons. The average molecular weight is 835 g/mol. The van der Waals surface area contributed by atoms with Crippen LogP contribution in [-0.2, 0) is 28.6 Å². The maximum atomic E-state index is 12.7. The minimum absolute atomic E-state index is 0.113. The lowest BCUT2D eigenvalue weighted by Gasteiger charge is -2.18. The molecule has 0 bridgehead atoms. The number of rotatable bonds is 43. The Balaban J connectivity index is 4.46. The zero-order valence-electron chi connectivity index (χ0n) is 38.9. The second-order valence-corrected chi connectivity index (χ2v) is 16.1. The number of carbonyl (C=O) groups is 3. The molecule has 1 atom stereocenters. The van der Waals surface area contributed by atoms with Crippen LogP contribution in [0.4, 0.5) is 0 Å². The van der Waals surface area contributed by atoms with Crippen molar-refractivity contribution in [2.45, 2.75) is 226 Å². The van der Waals surface area contributed by atoms with E-state index in [2.05, 4.69) is 51.2 Å². The van der Waals surface area contributed by atoms with Crippen LogP contribution in [0.15, 0.2) is 85.1 Å². The predicted octanol–water partition coefficient (Wildman–Crippen LogP) is 16.0. The second-order valence-electron chi connectivity index (χ2n) is 16.1. The molecule has 0 fully saturated rings. The minimum Gasteiger partial charge on any atom is -0.462 e. The van der Waals surface area contributed by atoms with Crippen LogP contribution >= 0.6 is 0 Å². The monoisotopic (exact) mass is 835 g/mol. The molecule has 0 aromatic heterocycles. The molecule has 0 aliphatic heterocycles. The molecular formula is C54H90O6. The molecule has 6 heteroatoms. The second kappa shape index (κ2) is 48.3. The molecule has 1 unspecified atom stereocenters. The molecular weight excluding hydrogens is 745 g/mol. The van der Waals surface area contributed by atoms with Crippen molar-refractivity contribution < 1.29 is 28.6 Å². The van der Waals surface area contributed by atoms with Gasteiger partial charge in [0.15, 0.2) is 6.10 Å². The smallest absolute Gasteiger partial charge is 0.306 e. The van der Waals surface area contributed by atoms with Crippen molar-refractivity contribution in [1.82, 2.24) is 0 Å². The first-order valence-electron chi connectivity index (χ1n) is 24.7. The van der Waals surface area contributed by atoms with E-state index < -0.39 is 6.10 Å². The third-order valence-corrected chi connectivity index (χ3v) is 10.2. The Morgan fingerprint density at radius 3 is 1.15 bits per heavy atom. The van der Waals surface area contributed by atoms with Crippen LogP contribution in [-0.4, -0.2) is 37.2 Å². The van der Waals surface area contributed by atoms with Crippen LogP contribution in [0.3, 0.4) is 0 Å². The van der Waals surface area contributed by atoms with Gasteiger partial charge < -0.3 is 14.2 Å². The molecule has 0 amide bonds. The Morgan fingerprint density at radius 2 is 0.700 bits per heavy atom. The molecule has 0 aliphatic rings. The molecule has 0 saturated heterocycles. The summed E-state index contributed by atoms with van der Waals surface area (Å²) < 4.78 is 16.7. The van der Waals surface area contributed by atoms with Gasteiger partial charge in [0.1, 0.15) is 13.2 Å². The molecule has 0 aromatic rings. The van der Waals surface area contributed by atoms with E-state index in [-0.39, 0.29) is 37.5 Å². The average Bonchev–Trinajstić information content (AvgIpc) is 3.24. The van der Waals surface area contributed by atoms with Crippen molar-refractivity contribution in [3.63, 3.8) is 0 Å². The normalized spacial score (nSPS) is 12.8. The van der Waals surface area contributed by atoms with E-state index in [9.17, 15) is 14.4 Å². The van der Waals surface area contributed by atoms with E-state index in [1.807, 2.05) is 54.7 Å². The number of unbranched alkanes of at least 4 members (excludes halogenated alkanes) is 22. The van der Waals surface area contributed by atoms with E-state index >= 15 is 0 Å². The third kappa shape index (κ3) is 45.7. The van der Waals surface area contributed by atoms with Gasteiger partial charge in [0.25, 0.3) is 0 Å². The summed E-state index contributed by atoms with van der Waals surface area (Å²) in [6.45, 7) is 6.37. The van der Waals surface area contributed by atoms with Gasteiger partial charge in [-0.25, -0.2) is 0 Å². The van der Waals surface area contributed by atoms with E-state index in [0.29, 0.717) is 19.3 Å². The van der Waals surface area contributed by atoms with Gasteiger partial charge in [0.2, 0.25) is 0 Å². The van der Waals surface area contributed by atoms with E-state index in [0.717, 1.165) is 77.0 Å². The number of hydrogen-bond acceptors (Lipinski definition) is 6. The van der Waals surface area contributed by atoms with E-state index in [1.165, 1.54) is 96.3 Å². The molecule has 0 heterocycles. The molecule has 0 rings (SSSR count). The molecule has 0 radical (unpaired) electrons. The van der Waals surface area contributed by atoms with Crippen molar-refractivity contribution in [2.75, 3.05) is 13.2 Å². The molecule has 0 saturated carbocycles. The van der Waals surface area contributed by atoms with Gasteiger partial charge in [-0.05, 0) is 77.0 Å². The topological polar surface area (TPSA) is 78.9 Å². The van der Waals surface area contributed by atoms with Gasteiger partial charge in [-0.3, -0.25) is 14.4 Å². The number of esters is 3. The Labute approximate surface area is 369 Å².